The first-order chi connectivity index (χ1) is 9.60. The fourth-order valence-corrected chi connectivity index (χ4v) is 3.66. The Morgan fingerprint density at radius 2 is 2.10 bits per heavy atom. The maximum absolute atomic E-state index is 5.59. The third-order valence-electron chi connectivity index (χ3n) is 4.83. The van der Waals surface area contributed by atoms with Crippen molar-refractivity contribution in [3.8, 4) is 5.75 Å². The number of para-hydroxylation sites is 1. The molecule has 2 unspecified atom stereocenters. The van der Waals surface area contributed by atoms with Crippen LogP contribution >= 0.6 is 0 Å². The predicted octanol–water partition coefficient (Wildman–Crippen LogP) is 4.56. The van der Waals surface area contributed by atoms with Crippen LogP contribution in [0.5, 0.6) is 5.75 Å². The summed E-state index contributed by atoms with van der Waals surface area (Å²) < 4.78 is 5.59. The van der Waals surface area contributed by atoms with Gasteiger partial charge in [-0.25, -0.2) is 0 Å². The van der Waals surface area contributed by atoms with Gasteiger partial charge < -0.3 is 10.1 Å². The minimum absolute atomic E-state index is 0.406. The van der Waals surface area contributed by atoms with Crippen molar-refractivity contribution in [2.24, 2.45) is 11.3 Å². The van der Waals surface area contributed by atoms with Crippen LogP contribution in [-0.4, -0.2) is 13.7 Å². The third kappa shape index (κ3) is 3.17. The van der Waals surface area contributed by atoms with Crippen LogP contribution in [0.25, 0.3) is 0 Å². The van der Waals surface area contributed by atoms with Crippen molar-refractivity contribution < 1.29 is 4.74 Å². The quantitative estimate of drug-likeness (QED) is 0.821. The summed E-state index contributed by atoms with van der Waals surface area (Å²) in [7, 11) is 1.77. The topological polar surface area (TPSA) is 21.3 Å². The first kappa shape index (κ1) is 15.4. The first-order valence-corrected chi connectivity index (χ1v) is 7.96. The molecular weight excluding hydrogens is 246 g/mol. The van der Waals surface area contributed by atoms with Crippen molar-refractivity contribution in [2.75, 3.05) is 13.7 Å². The highest BCUT2D eigenvalue weighted by Crippen LogP contribution is 2.49. The Bertz CT molecular complexity index is 427. The first-order valence-electron chi connectivity index (χ1n) is 7.96. The molecule has 2 nitrogen and oxygen atoms in total. The van der Waals surface area contributed by atoms with Gasteiger partial charge in [-0.05, 0) is 43.2 Å². The Kier molecular flexibility index (Phi) is 5.09. The van der Waals surface area contributed by atoms with E-state index in [0.29, 0.717) is 17.4 Å². The smallest absolute Gasteiger partial charge is 0.123 e. The number of ether oxygens (including phenoxy) is 1. The summed E-state index contributed by atoms with van der Waals surface area (Å²) in [6, 6.07) is 8.89. The molecule has 0 heterocycles. The number of hydrogen-bond acceptors (Lipinski definition) is 2. The molecule has 112 valence electrons. The Morgan fingerprint density at radius 1 is 1.35 bits per heavy atom. The van der Waals surface area contributed by atoms with E-state index < -0.39 is 0 Å². The average Bonchev–Trinajstić information content (AvgIpc) is 2.79. The summed E-state index contributed by atoms with van der Waals surface area (Å²) >= 11 is 0. The van der Waals surface area contributed by atoms with Gasteiger partial charge in [0.05, 0.1) is 7.11 Å². The van der Waals surface area contributed by atoms with Crippen LogP contribution in [0.15, 0.2) is 24.3 Å². The second-order valence-corrected chi connectivity index (χ2v) is 6.66. The van der Waals surface area contributed by atoms with Crippen molar-refractivity contribution in [2.45, 2.75) is 52.5 Å². The normalized spacial score (nSPS) is 22.7. The second kappa shape index (κ2) is 6.62. The number of rotatable bonds is 6. The van der Waals surface area contributed by atoms with Gasteiger partial charge >= 0.3 is 0 Å². The van der Waals surface area contributed by atoms with E-state index in [1.807, 2.05) is 0 Å². The Hall–Kier alpha value is -1.02. The zero-order valence-electron chi connectivity index (χ0n) is 13.4. The van der Waals surface area contributed by atoms with Gasteiger partial charge in [-0.15, -0.1) is 0 Å². The van der Waals surface area contributed by atoms with Crippen LogP contribution in [-0.2, 0) is 0 Å². The fourth-order valence-electron chi connectivity index (χ4n) is 3.66. The number of nitrogens with one attached hydrogen (secondary N) is 1. The molecule has 0 spiro atoms. The van der Waals surface area contributed by atoms with Gasteiger partial charge in [0.1, 0.15) is 5.75 Å². The highest BCUT2D eigenvalue weighted by Gasteiger charge is 2.40. The van der Waals surface area contributed by atoms with E-state index in [2.05, 4.69) is 50.4 Å². The number of methoxy groups -OCH3 is 1. The molecule has 1 aromatic carbocycles. The van der Waals surface area contributed by atoms with Crippen LogP contribution in [0.2, 0.25) is 0 Å². The van der Waals surface area contributed by atoms with Crippen molar-refractivity contribution in [1.82, 2.24) is 5.32 Å². The van der Waals surface area contributed by atoms with Crippen LogP contribution in [0.4, 0.5) is 0 Å². The Labute approximate surface area is 123 Å². The molecule has 1 N–H and O–H groups in total. The summed E-state index contributed by atoms with van der Waals surface area (Å²) in [5.41, 5.74) is 1.73. The molecule has 2 atom stereocenters. The zero-order chi connectivity index (χ0) is 14.6. The summed E-state index contributed by atoms with van der Waals surface area (Å²) in [5, 5.41) is 3.78. The lowest BCUT2D eigenvalue weighted by atomic mass is 9.75. The van der Waals surface area contributed by atoms with E-state index in [4.69, 9.17) is 4.74 Å². The molecule has 1 aliphatic rings. The lowest BCUT2D eigenvalue weighted by molar-refractivity contribution is 0.195. The van der Waals surface area contributed by atoms with Crippen molar-refractivity contribution in [3.63, 3.8) is 0 Å². The van der Waals surface area contributed by atoms with E-state index >= 15 is 0 Å². The molecule has 0 radical (unpaired) electrons. The molecule has 1 aliphatic carbocycles. The summed E-state index contributed by atoms with van der Waals surface area (Å²) in [5.74, 6) is 1.70. The number of hydrogen-bond donors (Lipinski definition) is 1. The van der Waals surface area contributed by atoms with Gasteiger partial charge in [0.25, 0.3) is 0 Å². The molecule has 0 bridgehead atoms. The van der Waals surface area contributed by atoms with Gasteiger partial charge in [-0.2, -0.15) is 0 Å². The van der Waals surface area contributed by atoms with Gasteiger partial charge in [-0.1, -0.05) is 45.4 Å². The van der Waals surface area contributed by atoms with Crippen molar-refractivity contribution >= 4 is 0 Å². The SMILES string of the molecule is CCCNC(c1ccccc1OC)C1CCCC1(C)C. The lowest BCUT2D eigenvalue weighted by Crippen LogP contribution is -2.34. The van der Waals surface area contributed by atoms with Crippen LogP contribution in [0, 0.1) is 11.3 Å². The van der Waals surface area contributed by atoms with Crippen LogP contribution in [0.1, 0.15) is 58.1 Å². The highest BCUT2D eigenvalue weighted by molar-refractivity contribution is 5.36. The van der Waals surface area contributed by atoms with Gasteiger partial charge in [-0.3, -0.25) is 0 Å². The molecule has 2 rings (SSSR count). The fraction of sp³-hybridized carbons (Fsp3) is 0.667. The molecular formula is C18H29NO. The van der Waals surface area contributed by atoms with Gasteiger partial charge in [0, 0.05) is 11.6 Å². The molecule has 2 heteroatoms. The van der Waals surface area contributed by atoms with E-state index in [9.17, 15) is 0 Å². The molecule has 1 aromatic rings. The van der Waals surface area contributed by atoms with Crippen molar-refractivity contribution in [1.29, 1.82) is 0 Å². The molecule has 1 saturated carbocycles. The Morgan fingerprint density at radius 3 is 2.70 bits per heavy atom. The van der Waals surface area contributed by atoms with Crippen molar-refractivity contribution in [3.05, 3.63) is 29.8 Å². The summed E-state index contributed by atoms with van der Waals surface area (Å²) in [6.07, 6.45) is 5.15. The van der Waals surface area contributed by atoms with E-state index in [-0.39, 0.29) is 0 Å². The number of benzene rings is 1. The minimum atomic E-state index is 0.406. The molecule has 0 saturated heterocycles. The maximum atomic E-state index is 5.59. The van der Waals surface area contributed by atoms with E-state index in [1.165, 1.54) is 31.2 Å². The van der Waals surface area contributed by atoms with E-state index in [1.54, 1.807) is 7.11 Å². The summed E-state index contributed by atoms with van der Waals surface area (Å²) in [6.45, 7) is 8.13. The molecule has 0 aromatic heterocycles. The third-order valence-corrected chi connectivity index (χ3v) is 4.83. The lowest BCUT2D eigenvalue weighted by Gasteiger charge is -2.35. The van der Waals surface area contributed by atoms with Crippen LogP contribution in [0.3, 0.4) is 0 Å². The second-order valence-electron chi connectivity index (χ2n) is 6.66. The molecule has 20 heavy (non-hydrogen) atoms. The monoisotopic (exact) mass is 275 g/mol. The Balaban J connectivity index is 2.32. The van der Waals surface area contributed by atoms with Gasteiger partial charge in [0.15, 0.2) is 0 Å². The van der Waals surface area contributed by atoms with E-state index in [0.717, 1.165) is 12.3 Å². The minimum Gasteiger partial charge on any atom is -0.496 e. The van der Waals surface area contributed by atoms with Gasteiger partial charge in [0.2, 0.25) is 0 Å². The largest absolute Gasteiger partial charge is 0.496 e. The maximum Gasteiger partial charge on any atom is 0.123 e. The molecule has 1 fully saturated rings. The molecule has 0 amide bonds. The van der Waals surface area contributed by atoms with Crippen LogP contribution < -0.4 is 10.1 Å². The summed E-state index contributed by atoms with van der Waals surface area (Å²) in [4.78, 5) is 0. The zero-order valence-corrected chi connectivity index (χ0v) is 13.4. The standard InChI is InChI=1S/C18H29NO/c1-5-13-19-17(15-10-8-12-18(15,2)3)14-9-6-7-11-16(14)20-4/h6-7,9,11,15,17,19H,5,8,10,12-13H2,1-4H3. The highest BCUT2D eigenvalue weighted by atomic mass is 16.5. The predicted molar refractivity (Wildman–Crippen MR) is 85.2 cm³/mol. The molecule has 0 aliphatic heterocycles. The average molecular weight is 275 g/mol.